The Labute approximate surface area is 109 Å². The highest BCUT2D eigenvalue weighted by molar-refractivity contribution is 5.18. The van der Waals surface area contributed by atoms with Crippen molar-refractivity contribution < 1.29 is 8.83 Å². The second kappa shape index (κ2) is 7.10. The molecule has 0 unspecified atom stereocenters. The molecule has 2 heteroatoms. The maximum absolute atomic E-state index is 5.54. The number of rotatable bonds is 8. The molecular formula is C16H22O2. The molecule has 0 aromatic carbocycles. The molecule has 0 radical (unpaired) electrons. The first kappa shape index (κ1) is 13.0. The van der Waals surface area contributed by atoms with E-state index in [1.807, 2.05) is 24.3 Å². The van der Waals surface area contributed by atoms with Gasteiger partial charge in [0.15, 0.2) is 0 Å². The normalized spacial score (nSPS) is 11.2. The minimum Gasteiger partial charge on any atom is -0.469 e. The van der Waals surface area contributed by atoms with E-state index < -0.39 is 0 Å². The van der Waals surface area contributed by atoms with Crippen LogP contribution in [-0.4, -0.2) is 0 Å². The zero-order valence-corrected chi connectivity index (χ0v) is 11.1. The van der Waals surface area contributed by atoms with Gasteiger partial charge in [-0.2, -0.15) is 0 Å². The first-order valence-electron chi connectivity index (χ1n) is 6.98. The molecule has 0 bridgehead atoms. The average Bonchev–Trinajstić information content (AvgIpc) is 3.06. The van der Waals surface area contributed by atoms with Crippen molar-refractivity contribution in [3.63, 3.8) is 0 Å². The van der Waals surface area contributed by atoms with Crippen LogP contribution in [0.15, 0.2) is 45.6 Å². The zero-order valence-electron chi connectivity index (χ0n) is 11.1. The van der Waals surface area contributed by atoms with Gasteiger partial charge >= 0.3 is 0 Å². The molecule has 2 aromatic rings. The minimum absolute atomic E-state index is 0.275. The Morgan fingerprint density at radius 3 is 2.00 bits per heavy atom. The lowest BCUT2D eigenvalue weighted by molar-refractivity contribution is 0.406. The molecule has 0 amide bonds. The molecule has 2 heterocycles. The molecular weight excluding hydrogens is 224 g/mol. The molecule has 2 nitrogen and oxygen atoms in total. The second-order valence-corrected chi connectivity index (χ2v) is 4.79. The van der Waals surface area contributed by atoms with E-state index in [2.05, 4.69) is 6.92 Å². The van der Waals surface area contributed by atoms with Crippen LogP contribution in [0.3, 0.4) is 0 Å². The topological polar surface area (TPSA) is 26.3 Å². The zero-order chi connectivity index (χ0) is 12.6. The molecule has 0 aliphatic heterocycles. The Hall–Kier alpha value is -1.44. The van der Waals surface area contributed by atoms with Crippen LogP contribution in [0.5, 0.6) is 0 Å². The van der Waals surface area contributed by atoms with E-state index in [9.17, 15) is 0 Å². The SMILES string of the molecule is CCCCCCCC(c1ccco1)c1ccco1. The maximum Gasteiger partial charge on any atom is 0.114 e. The number of hydrogen-bond acceptors (Lipinski definition) is 2. The number of furan rings is 2. The van der Waals surface area contributed by atoms with Crippen LogP contribution in [0.1, 0.15) is 62.9 Å². The summed E-state index contributed by atoms with van der Waals surface area (Å²) in [5.41, 5.74) is 0. The molecule has 0 aliphatic carbocycles. The van der Waals surface area contributed by atoms with Crippen LogP contribution < -0.4 is 0 Å². The van der Waals surface area contributed by atoms with Gasteiger partial charge in [-0.15, -0.1) is 0 Å². The number of unbranched alkanes of at least 4 members (excludes halogenated alkanes) is 4. The fourth-order valence-electron chi connectivity index (χ4n) is 2.36. The van der Waals surface area contributed by atoms with Gasteiger partial charge in [-0.1, -0.05) is 39.0 Å². The molecule has 18 heavy (non-hydrogen) atoms. The lowest BCUT2D eigenvalue weighted by Gasteiger charge is -2.11. The number of hydrogen-bond donors (Lipinski definition) is 0. The van der Waals surface area contributed by atoms with Crippen molar-refractivity contribution >= 4 is 0 Å². The highest BCUT2D eigenvalue weighted by Gasteiger charge is 2.18. The van der Waals surface area contributed by atoms with Crippen molar-refractivity contribution in [2.45, 2.75) is 51.4 Å². The standard InChI is InChI=1S/C16H22O2/c1-2-3-4-5-6-9-14(15-10-7-12-17-15)16-11-8-13-18-16/h7-8,10-14H,2-6,9H2,1H3. The Balaban J connectivity index is 1.90. The summed E-state index contributed by atoms with van der Waals surface area (Å²) in [5.74, 6) is 2.30. The molecule has 2 aromatic heterocycles. The predicted molar refractivity (Wildman–Crippen MR) is 72.6 cm³/mol. The van der Waals surface area contributed by atoms with Crippen LogP contribution in [-0.2, 0) is 0 Å². The van der Waals surface area contributed by atoms with Crippen LogP contribution >= 0.6 is 0 Å². The fourth-order valence-corrected chi connectivity index (χ4v) is 2.36. The van der Waals surface area contributed by atoms with Crippen molar-refractivity contribution in [2.24, 2.45) is 0 Å². The fraction of sp³-hybridized carbons (Fsp3) is 0.500. The predicted octanol–water partition coefficient (Wildman–Crippen LogP) is 5.37. The first-order chi connectivity index (χ1) is 8.92. The van der Waals surface area contributed by atoms with Gasteiger partial charge in [0.25, 0.3) is 0 Å². The van der Waals surface area contributed by atoms with E-state index >= 15 is 0 Å². The second-order valence-electron chi connectivity index (χ2n) is 4.79. The summed E-state index contributed by atoms with van der Waals surface area (Å²) in [6.45, 7) is 2.24. The van der Waals surface area contributed by atoms with E-state index in [4.69, 9.17) is 8.83 Å². The molecule has 0 fully saturated rings. The van der Waals surface area contributed by atoms with Crippen LogP contribution in [0.25, 0.3) is 0 Å². The van der Waals surface area contributed by atoms with Gasteiger partial charge in [0, 0.05) is 0 Å². The lowest BCUT2D eigenvalue weighted by atomic mass is 9.95. The Morgan fingerprint density at radius 2 is 1.50 bits per heavy atom. The summed E-state index contributed by atoms with van der Waals surface area (Å²) in [6.07, 6.45) is 11.1. The van der Waals surface area contributed by atoms with Gasteiger partial charge in [0.1, 0.15) is 11.5 Å². The van der Waals surface area contributed by atoms with Crippen molar-refractivity contribution in [1.29, 1.82) is 0 Å². The highest BCUT2D eigenvalue weighted by atomic mass is 16.3. The first-order valence-corrected chi connectivity index (χ1v) is 6.98. The van der Waals surface area contributed by atoms with E-state index in [0.717, 1.165) is 17.9 Å². The molecule has 0 spiro atoms. The van der Waals surface area contributed by atoms with Gasteiger partial charge in [0.2, 0.25) is 0 Å². The van der Waals surface area contributed by atoms with Crippen LogP contribution in [0.4, 0.5) is 0 Å². The van der Waals surface area contributed by atoms with Gasteiger partial charge in [0.05, 0.1) is 18.4 Å². The van der Waals surface area contributed by atoms with Crippen molar-refractivity contribution in [3.05, 3.63) is 48.3 Å². The summed E-state index contributed by atoms with van der Waals surface area (Å²) in [6, 6.07) is 7.98. The monoisotopic (exact) mass is 246 g/mol. The molecule has 0 saturated carbocycles. The highest BCUT2D eigenvalue weighted by Crippen LogP contribution is 2.30. The molecule has 0 saturated heterocycles. The van der Waals surface area contributed by atoms with Gasteiger partial charge in [-0.25, -0.2) is 0 Å². The molecule has 0 N–H and O–H groups in total. The minimum atomic E-state index is 0.275. The largest absolute Gasteiger partial charge is 0.469 e. The summed E-state index contributed by atoms with van der Waals surface area (Å²) in [5, 5.41) is 0. The smallest absolute Gasteiger partial charge is 0.114 e. The van der Waals surface area contributed by atoms with E-state index in [-0.39, 0.29) is 5.92 Å². The van der Waals surface area contributed by atoms with Crippen molar-refractivity contribution in [1.82, 2.24) is 0 Å². The van der Waals surface area contributed by atoms with E-state index in [0.29, 0.717) is 0 Å². The third-order valence-corrected chi connectivity index (χ3v) is 3.37. The van der Waals surface area contributed by atoms with Crippen LogP contribution in [0, 0.1) is 0 Å². The summed E-state index contributed by atoms with van der Waals surface area (Å²) < 4.78 is 11.1. The summed E-state index contributed by atoms with van der Waals surface area (Å²) >= 11 is 0. The molecule has 0 aliphatic rings. The summed E-state index contributed by atoms with van der Waals surface area (Å²) in [4.78, 5) is 0. The average molecular weight is 246 g/mol. The van der Waals surface area contributed by atoms with Gasteiger partial charge in [-0.3, -0.25) is 0 Å². The molecule has 0 atom stereocenters. The van der Waals surface area contributed by atoms with Gasteiger partial charge in [-0.05, 0) is 30.7 Å². The Morgan fingerprint density at radius 1 is 0.889 bits per heavy atom. The van der Waals surface area contributed by atoms with Crippen molar-refractivity contribution in [3.8, 4) is 0 Å². The Kier molecular flexibility index (Phi) is 5.13. The summed E-state index contributed by atoms with van der Waals surface area (Å²) in [7, 11) is 0. The Bertz CT molecular complexity index is 366. The third-order valence-electron chi connectivity index (χ3n) is 3.37. The van der Waals surface area contributed by atoms with Crippen molar-refractivity contribution in [2.75, 3.05) is 0 Å². The van der Waals surface area contributed by atoms with E-state index in [1.54, 1.807) is 12.5 Å². The third kappa shape index (κ3) is 3.52. The van der Waals surface area contributed by atoms with Gasteiger partial charge < -0.3 is 8.83 Å². The van der Waals surface area contributed by atoms with E-state index in [1.165, 1.54) is 32.1 Å². The molecule has 2 rings (SSSR count). The quantitative estimate of drug-likeness (QED) is 0.586. The molecule has 98 valence electrons. The lowest BCUT2D eigenvalue weighted by Crippen LogP contribution is -1.98. The van der Waals surface area contributed by atoms with Crippen LogP contribution in [0.2, 0.25) is 0 Å². The maximum atomic E-state index is 5.54.